The SMILES string of the molecule is Cc1ccc(-c2[nH]ncc2CNc2ccnc(Cl)c2)o1. The number of aromatic nitrogens is 3. The molecule has 0 radical (unpaired) electrons. The van der Waals surface area contributed by atoms with Crippen molar-refractivity contribution in [1.82, 2.24) is 15.2 Å². The lowest BCUT2D eigenvalue weighted by Crippen LogP contribution is -1.99. The Morgan fingerprint density at radius 3 is 3.00 bits per heavy atom. The molecule has 0 aromatic carbocycles. The van der Waals surface area contributed by atoms with Gasteiger partial charge >= 0.3 is 0 Å². The molecular formula is C14H13ClN4O. The number of furan rings is 1. The predicted octanol–water partition coefficient (Wildman–Crippen LogP) is 3.64. The number of aromatic amines is 1. The normalized spacial score (nSPS) is 10.7. The largest absolute Gasteiger partial charge is 0.460 e. The van der Waals surface area contributed by atoms with E-state index in [2.05, 4.69) is 20.5 Å². The molecule has 0 atom stereocenters. The fourth-order valence-electron chi connectivity index (χ4n) is 1.94. The topological polar surface area (TPSA) is 66.7 Å². The van der Waals surface area contributed by atoms with E-state index in [9.17, 15) is 0 Å². The highest BCUT2D eigenvalue weighted by Crippen LogP contribution is 2.24. The molecule has 0 amide bonds. The molecule has 20 heavy (non-hydrogen) atoms. The van der Waals surface area contributed by atoms with Crippen LogP contribution in [0.3, 0.4) is 0 Å². The number of pyridine rings is 1. The summed E-state index contributed by atoms with van der Waals surface area (Å²) in [5.41, 5.74) is 2.81. The van der Waals surface area contributed by atoms with E-state index in [1.165, 1.54) is 0 Å². The van der Waals surface area contributed by atoms with E-state index in [1.54, 1.807) is 18.5 Å². The molecule has 102 valence electrons. The summed E-state index contributed by atoms with van der Waals surface area (Å²) in [6.45, 7) is 2.53. The Balaban J connectivity index is 1.77. The summed E-state index contributed by atoms with van der Waals surface area (Å²) in [5, 5.41) is 10.8. The molecule has 0 aliphatic rings. The van der Waals surface area contributed by atoms with E-state index in [-0.39, 0.29) is 0 Å². The van der Waals surface area contributed by atoms with Crippen LogP contribution >= 0.6 is 11.6 Å². The van der Waals surface area contributed by atoms with Gasteiger partial charge in [0.1, 0.15) is 16.6 Å². The lowest BCUT2D eigenvalue weighted by atomic mass is 10.2. The molecule has 0 aliphatic heterocycles. The van der Waals surface area contributed by atoms with Crippen molar-refractivity contribution in [2.75, 3.05) is 5.32 Å². The van der Waals surface area contributed by atoms with Crippen molar-refractivity contribution >= 4 is 17.3 Å². The average Bonchev–Trinajstić information content (AvgIpc) is 3.04. The van der Waals surface area contributed by atoms with Crippen LogP contribution in [0.15, 0.2) is 41.1 Å². The summed E-state index contributed by atoms with van der Waals surface area (Å²) in [4.78, 5) is 3.94. The van der Waals surface area contributed by atoms with Crippen molar-refractivity contribution in [1.29, 1.82) is 0 Å². The van der Waals surface area contributed by atoms with Crippen molar-refractivity contribution < 1.29 is 4.42 Å². The highest BCUT2D eigenvalue weighted by atomic mass is 35.5. The third-order valence-electron chi connectivity index (χ3n) is 2.91. The molecule has 6 heteroatoms. The van der Waals surface area contributed by atoms with Crippen LogP contribution < -0.4 is 5.32 Å². The minimum Gasteiger partial charge on any atom is -0.460 e. The van der Waals surface area contributed by atoms with Gasteiger partial charge in [0.05, 0.1) is 6.20 Å². The summed E-state index contributed by atoms with van der Waals surface area (Å²) in [6.07, 6.45) is 3.44. The molecule has 3 heterocycles. The van der Waals surface area contributed by atoms with Crippen LogP contribution in [-0.2, 0) is 6.54 Å². The molecule has 0 bridgehead atoms. The number of nitrogens with one attached hydrogen (secondary N) is 2. The van der Waals surface area contributed by atoms with Crippen LogP contribution in [0.1, 0.15) is 11.3 Å². The minimum absolute atomic E-state index is 0.462. The fourth-order valence-corrected chi connectivity index (χ4v) is 2.11. The molecule has 3 aromatic heterocycles. The van der Waals surface area contributed by atoms with Crippen molar-refractivity contribution in [2.24, 2.45) is 0 Å². The first-order valence-corrected chi connectivity index (χ1v) is 6.54. The van der Waals surface area contributed by atoms with Crippen LogP contribution in [0.2, 0.25) is 5.15 Å². The van der Waals surface area contributed by atoms with Gasteiger partial charge in [0, 0.05) is 24.0 Å². The van der Waals surface area contributed by atoms with E-state index in [0.29, 0.717) is 11.7 Å². The summed E-state index contributed by atoms with van der Waals surface area (Å²) in [5.74, 6) is 1.65. The zero-order valence-electron chi connectivity index (χ0n) is 10.9. The monoisotopic (exact) mass is 288 g/mol. The average molecular weight is 289 g/mol. The first-order chi connectivity index (χ1) is 9.72. The van der Waals surface area contributed by atoms with E-state index in [0.717, 1.165) is 28.5 Å². The maximum absolute atomic E-state index is 5.85. The van der Waals surface area contributed by atoms with Gasteiger partial charge in [-0.25, -0.2) is 4.98 Å². The van der Waals surface area contributed by atoms with Gasteiger partial charge in [-0.2, -0.15) is 5.10 Å². The van der Waals surface area contributed by atoms with Crippen LogP contribution in [0.4, 0.5) is 5.69 Å². The number of hydrogen-bond donors (Lipinski definition) is 2. The van der Waals surface area contributed by atoms with E-state index >= 15 is 0 Å². The second-order valence-electron chi connectivity index (χ2n) is 4.40. The Labute approximate surface area is 121 Å². The first kappa shape index (κ1) is 12.7. The lowest BCUT2D eigenvalue weighted by Gasteiger charge is -2.06. The Hall–Kier alpha value is -2.27. The molecule has 3 aromatic rings. The third kappa shape index (κ3) is 2.67. The summed E-state index contributed by atoms with van der Waals surface area (Å²) >= 11 is 5.85. The highest BCUT2D eigenvalue weighted by Gasteiger charge is 2.10. The van der Waals surface area contributed by atoms with Crippen LogP contribution in [0.25, 0.3) is 11.5 Å². The van der Waals surface area contributed by atoms with Gasteiger partial charge in [-0.15, -0.1) is 0 Å². The Bertz CT molecular complexity index is 719. The fraction of sp³-hybridized carbons (Fsp3) is 0.143. The number of H-pyrrole nitrogens is 1. The Kier molecular flexibility index (Phi) is 3.43. The van der Waals surface area contributed by atoms with Gasteiger partial charge < -0.3 is 9.73 Å². The standard InChI is InChI=1S/C14H13ClN4O/c1-9-2-3-12(20-9)14-10(8-18-19-14)7-17-11-4-5-16-13(15)6-11/h2-6,8H,7H2,1H3,(H,16,17)(H,18,19). The maximum Gasteiger partial charge on any atom is 0.152 e. The van der Waals surface area contributed by atoms with Crippen LogP contribution in [0.5, 0.6) is 0 Å². The van der Waals surface area contributed by atoms with Crippen LogP contribution in [0, 0.1) is 6.92 Å². The third-order valence-corrected chi connectivity index (χ3v) is 3.12. The first-order valence-electron chi connectivity index (χ1n) is 6.17. The zero-order chi connectivity index (χ0) is 13.9. The molecule has 5 nitrogen and oxygen atoms in total. The second kappa shape index (κ2) is 5.38. The number of rotatable bonds is 4. The van der Waals surface area contributed by atoms with E-state index < -0.39 is 0 Å². The molecule has 0 aliphatic carbocycles. The van der Waals surface area contributed by atoms with Gasteiger partial charge in [-0.05, 0) is 31.2 Å². The molecule has 0 fully saturated rings. The number of aryl methyl sites for hydroxylation is 1. The lowest BCUT2D eigenvalue weighted by molar-refractivity contribution is 0.545. The predicted molar refractivity (Wildman–Crippen MR) is 77.6 cm³/mol. The molecule has 0 unspecified atom stereocenters. The van der Waals surface area contributed by atoms with Gasteiger partial charge in [-0.1, -0.05) is 11.6 Å². The summed E-state index contributed by atoms with van der Waals surface area (Å²) < 4.78 is 5.61. The van der Waals surface area contributed by atoms with Gasteiger partial charge in [-0.3, -0.25) is 5.10 Å². The highest BCUT2D eigenvalue weighted by molar-refractivity contribution is 6.29. The Morgan fingerprint density at radius 1 is 1.35 bits per heavy atom. The van der Waals surface area contributed by atoms with Gasteiger partial charge in [0.15, 0.2) is 5.76 Å². The van der Waals surface area contributed by atoms with E-state index in [4.69, 9.17) is 16.0 Å². The van der Waals surface area contributed by atoms with Crippen molar-refractivity contribution in [3.8, 4) is 11.5 Å². The minimum atomic E-state index is 0.462. The van der Waals surface area contributed by atoms with Crippen molar-refractivity contribution in [2.45, 2.75) is 13.5 Å². The van der Waals surface area contributed by atoms with E-state index in [1.807, 2.05) is 25.1 Å². The summed E-state index contributed by atoms with van der Waals surface area (Å²) in [6, 6.07) is 7.49. The van der Waals surface area contributed by atoms with Crippen molar-refractivity contribution in [3.05, 3.63) is 53.1 Å². The zero-order valence-corrected chi connectivity index (χ0v) is 11.6. The maximum atomic E-state index is 5.85. The number of hydrogen-bond acceptors (Lipinski definition) is 4. The number of anilines is 1. The summed E-state index contributed by atoms with van der Waals surface area (Å²) in [7, 11) is 0. The molecule has 2 N–H and O–H groups in total. The molecule has 3 rings (SSSR count). The van der Waals surface area contributed by atoms with Gasteiger partial charge in [0.25, 0.3) is 0 Å². The second-order valence-corrected chi connectivity index (χ2v) is 4.79. The quantitative estimate of drug-likeness (QED) is 0.719. The molecule has 0 saturated heterocycles. The molecular weight excluding hydrogens is 276 g/mol. The van der Waals surface area contributed by atoms with Gasteiger partial charge in [0.2, 0.25) is 0 Å². The number of nitrogens with zero attached hydrogens (tertiary/aromatic N) is 2. The molecule has 0 spiro atoms. The Morgan fingerprint density at radius 2 is 2.25 bits per heavy atom. The molecule has 0 saturated carbocycles. The number of halogens is 1. The smallest absolute Gasteiger partial charge is 0.152 e. The van der Waals surface area contributed by atoms with Crippen molar-refractivity contribution in [3.63, 3.8) is 0 Å². The van der Waals surface area contributed by atoms with Crippen LogP contribution in [-0.4, -0.2) is 15.2 Å².